The molecule has 10 nitrogen and oxygen atoms in total. The van der Waals surface area contributed by atoms with Crippen LogP contribution < -0.4 is 26.1 Å². The van der Waals surface area contributed by atoms with E-state index in [-0.39, 0.29) is 41.8 Å². The van der Waals surface area contributed by atoms with Crippen molar-refractivity contribution in [3.8, 4) is 22.6 Å². The quantitative estimate of drug-likeness (QED) is 0.299. The normalized spacial score (nSPS) is 14.5. The molecule has 0 aliphatic carbocycles. The minimum Gasteiger partial charge on any atom is -0.493 e. The summed E-state index contributed by atoms with van der Waals surface area (Å²) < 4.78 is 57.7. The number of nitrogens with zero attached hydrogens (tertiary/aromatic N) is 2. The smallest absolute Gasteiger partial charge is 0.312 e. The van der Waals surface area contributed by atoms with Crippen molar-refractivity contribution in [1.82, 2.24) is 9.97 Å². The zero-order valence-corrected chi connectivity index (χ0v) is 20.6. The standard InChI is InChI=1S/C24H28FN5O5S/c1-2-34-20-10-14(9-16-13-29-24(28)30-23(16)27)11-21(22(20)15-3-4-19(26)18(25)12-15)35-36(31,32)17-5-7-33-8-6-17/h3-4,10-13,17H,2,5-9,26H2,1H3,(H4,27,28,29,30). The van der Waals surface area contributed by atoms with Crippen LogP contribution in [0.1, 0.15) is 30.9 Å². The van der Waals surface area contributed by atoms with Crippen LogP contribution in [0.2, 0.25) is 0 Å². The average molecular weight is 518 g/mol. The molecule has 0 bridgehead atoms. The first kappa shape index (κ1) is 25.5. The lowest BCUT2D eigenvalue weighted by atomic mass is 9.98. The van der Waals surface area contributed by atoms with E-state index in [2.05, 4.69) is 9.97 Å². The Morgan fingerprint density at radius 3 is 2.50 bits per heavy atom. The largest absolute Gasteiger partial charge is 0.493 e. The van der Waals surface area contributed by atoms with Gasteiger partial charge in [-0.05, 0) is 55.2 Å². The molecule has 1 aliphatic rings. The van der Waals surface area contributed by atoms with E-state index in [0.29, 0.717) is 48.5 Å². The maximum absolute atomic E-state index is 14.4. The van der Waals surface area contributed by atoms with E-state index in [0.717, 1.165) is 0 Å². The fraction of sp³-hybridized carbons (Fsp3) is 0.333. The molecular weight excluding hydrogens is 489 g/mol. The Bertz CT molecular complexity index is 1360. The van der Waals surface area contributed by atoms with Crippen LogP contribution in [-0.2, 0) is 21.3 Å². The third-order valence-electron chi connectivity index (χ3n) is 5.81. The molecule has 2 aromatic carbocycles. The molecule has 0 amide bonds. The number of nitrogens with two attached hydrogens (primary N) is 3. The molecule has 0 radical (unpaired) electrons. The van der Waals surface area contributed by atoms with Gasteiger partial charge in [-0.2, -0.15) is 13.4 Å². The van der Waals surface area contributed by atoms with E-state index in [4.69, 9.17) is 30.9 Å². The van der Waals surface area contributed by atoms with Gasteiger partial charge in [0.25, 0.3) is 0 Å². The summed E-state index contributed by atoms with van der Waals surface area (Å²) in [5.74, 6) is -0.0992. The van der Waals surface area contributed by atoms with Crippen molar-refractivity contribution in [3.63, 3.8) is 0 Å². The van der Waals surface area contributed by atoms with Gasteiger partial charge in [-0.25, -0.2) is 9.37 Å². The summed E-state index contributed by atoms with van der Waals surface area (Å²) in [5, 5.41) is -0.734. The maximum Gasteiger partial charge on any atom is 0.312 e. The Kier molecular flexibility index (Phi) is 7.45. The predicted octanol–water partition coefficient (Wildman–Crippen LogP) is 2.91. The second-order valence-electron chi connectivity index (χ2n) is 8.34. The van der Waals surface area contributed by atoms with Crippen molar-refractivity contribution >= 4 is 27.6 Å². The number of nitrogen functional groups attached to an aromatic ring is 3. The third-order valence-corrected chi connectivity index (χ3v) is 7.51. The van der Waals surface area contributed by atoms with E-state index in [1.807, 2.05) is 0 Å². The second-order valence-corrected chi connectivity index (χ2v) is 10.2. The summed E-state index contributed by atoms with van der Waals surface area (Å²) in [6, 6.07) is 7.48. The number of hydrogen-bond donors (Lipinski definition) is 3. The van der Waals surface area contributed by atoms with Gasteiger partial charge in [0, 0.05) is 31.4 Å². The first-order chi connectivity index (χ1) is 17.2. The summed E-state index contributed by atoms with van der Waals surface area (Å²) in [4.78, 5) is 7.96. The molecule has 0 atom stereocenters. The molecule has 1 fully saturated rings. The van der Waals surface area contributed by atoms with E-state index in [9.17, 15) is 12.8 Å². The lowest BCUT2D eigenvalue weighted by molar-refractivity contribution is 0.0971. The Morgan fingerprint density at radius 1 is 1.11 bits per heavy atom. The summed E-state index contributed by atoms with van der Waals surface area (Å²) in [6.07, 6.45) is 2.37. The fourth-order valence-corrected chi connectivity index (χ4v) is 5.28. The van der Waals surface area contributed by atoms with Crippen LogP contribution in [0.15, 0.2) is 36.5 Å². The van der Waals surface area contributed by atoms with Crippen molar-refractivity contribution < 1.29 is 26.5 Å². The number of halogens is 1. The molecule has 192 valence electrons. The van der Waals surface area contributed by atoms with E-state index in [1.54, 1.807) is 25.1 Å². The van der Waals surface area contributed by atoms with Gasteiger partial charge in [-0.15, -0.1) is 0 Å². The van der Waals surface area contributed by atoms with Crippen LogP contribution in [0, 0.1) is 5.82 Å². The van der Waals surface area contributed by atoms with Crippen molar-refractivity contribution in [2.75, 3.05) is 37.0 Å². The van der Waals surface area contributed by atoms with Gasteiger partial charge < -0.3 is 30.9 Å². The molecule has 6 N–H and O–H groups in total. The highest BCUT2D eigenvalue weighted by Crippen LogP contribution is 2.42. The number of rotatable bonds is 8. The van der Waals surface area contributed by atoms with Gasteiger partial charge in [-0.3, -0.25) is 0 Å². The Labute approximate surface area is 208 Å². The molecule has 1 saturated heterocycles. The Hall–Kier alpha value is -3.64. The van der Waals surface area contributed by atoms with Crippen LogP contribution in [0.4, 0.5) is 21.8 Å². The van der Waals surface area contributed by atoms with Gasteiger partial charge in [0.2, 0.25) is 5.95 Å². The van der Waals surface area contributed by atoms with Crippen molar-refractivity contribution in [2.24, 2.45) is 0 Å². The molecule has 0 spiro atoms. The molecule has 2 heterocycles. The van der Waals surface area contributed by atoms with Gasteiger partial charge in [0.1, 0.15) is 22.6 Å². The topological polar surface area (TPSA) is 166 Å². The van der Waals surface area contributed by atoms with Gasteiger partial charge in [-0.1, -0.05) is 6.07 Å². The average Bonchev–Trinajstić information content (AvgIpc) is 2.83. The van der Waals surface area contributed by atoms with Crippen molar-refractivity contribution in [2.45, 2.75) is 31.4 Å². The number of benzene rings is 2. The highest BCUT2D eigenvalue weighted by atomic mass is 32.2. The summed E-state index contributed by atoms with van der Waals surface area (Å²) in [6.45, 7) is 2.70. The summed E-state index contributed by atoms with van der Waals surface area (Å²) in [5.41, 5.74) is 19.1. The fourth-order valence-electron chi connectivity index (χ4n) is 4.00. The Balaban J connectivity index is 1.85. The zero-order chi connectivity index (χ0) is 25.9. The van der Waals surface area contributed by atoms with Crippen LogP contribution >= 0.6 is 0 Å². The number of anilines is 3. The van der Waals surface area contributed by atoms with Gasteiger partial charge >= 0.3 is 10.1 Å². The second kappa shape index (κ2) is 10.5. The zero-order valence-electron chi connectivity index (χ0n) is 19.7. The van der Waals surface area contributed by atoms with Crippen LogP contribution in [0.5, 0.6) is 11.5 Å². The molecule has 1 aliphatic heterocycles. The third kappa shape index (κ3) is 5.60. The lowest BCUT2D eigenvalue weighted by Crippen LogP contribution is -2.32. The highest BCUT2D eigenvalue weighted by molar-refractivity contribution is 7.87. The molecule has 4 rings (SSSR count). The number of ether oxygens (including phenoxy) is 2. The molecule has 36 heavy (non-hydrogen) atoms. The molecular formula is C24H28FN5O5S. The number of hydrogen-bond acceptors (Lipinski definition) is 10. The van der Waals surface area contributed by atoms with Crippen LogP contribution in [-0.4, -0.2) is 43.5 Å². The molecule has 3 aromatic rings. The maximum atomic E-state index is 14.4. The molecule has 12 heteroatoms. The summed E-state index contributed by atoms with van der Waals surface area (Å²) in [7, 11) is -4.04. The van der Waals surface area contributed by atoms with Crippen LogP contribution in [0.25, 0.3) is 11.1 Å². The lowest BCUT2D eigenvalue weighted by Gasteiger charge is -2.24. The molecule has 1 aromatic heterocycles. The van der Waals surface area contributed by atoms with E-state index >= 15 is 0 Å². The SMILES string of the molecule is CCOc1cc(Cc2cnc(N)nc2N)cc(OS(=O)(=O)C2CCOCC2)c1-c1ccc(N)c(F)c1. The molecule has 0 saturated carbocycles. The number of aromatic nitrogens is 2. The van der Waals surface area contributed by atoms with Gasteiger partial charge in [0.15, 0.2) is 5.75 Å². The minimum atomic E-state index is -4.04. The summed E-state index contributed by atoms with van der Waals surface area (Å²) >= 11 is 0. The predicted molar refractivity (Wildman–Crippen MR) is 134 cm³/mol. The Morgan fingerprint density at radius 2 is 1.83 bits per heavy atom. The van der Waals surface area contributed by atoms with E-state index < -0.39 is 21.2 Å². The highest BCUT2D eigenvalue weighted by Gasteiger charge is 2.31. The monoisotopic (exact) mass is 517 g/mol. The van der Waals surface area contributed by atoms with Crippen molar-refractivity contribution in [1.29, 1.82) is 0 Å². The van der Waals surface area contributed by atoms with Crippen LogP contribution in [0.3, 0.4) is 0 Å². The minimum absolute atomic E-state index is 0.00143. The van der Waals surface area contributed by atoms with Crippen molar-refractivity contribution in [3.05, 3.63) is 53.5 Å². The molecule has 0 unspecified atom stereocenters. The van der Waals surface area contributed by atoms with E-state index in [1.165, 1.54) is 18.3 Å². The van der Waals surface area contributed by atoms with Gasteiger partial charge in [0.05, 0.1) is 17.9 Å². The first-order valence-electron chi connectivity index (χ1n) is 11.4. The first-order valence-corrected chi connectivity index (χ1v) is 12.9.